The molecule has 1 heterocycles. The number of aromatic nitrogens is 2. The molecule has 7 heteroatoms. The Kier molecular flexibility index (Phi) is 4.80. The third-order valence-corrected chi connectivity index (χ3v) is 2.79. The molecule has 104 valence electrons. The minimum Gasteiger partial charge on any atom is -0.469 e. The van der Waals surface area contributed by atoms with E-state index in [9.17, 15) is 14.4 Å². The highest BCUT2D eigenvalue weighted by Gasteiger charge is 2.17. The summed E-state index contributed by atoms with van der Waals surface area (Å²) in [6, 6.07) is 0. The van der Waals surface area contributed by atoms with Gasteiger partial charge >= 0.3 is 5.97 Å². The number of carbonyl (C=O) groups excluding carboxylic acids is 2. The zero-order valence-electron chi connectivity index (χ0n) is 11.4. The van der Waals surface area contributed by atoms with Gasteiger partial charge in [0, 0.05) is 13.6 Å². The minimum atomic E-state index is -0.507. The van der Waals surface area contributed by atoms with Gasteiger partial charge in [0.05, 0.1) is 19.2 Å². The molecular formula is C12H17N3O4. The maximum atomic E-state index is 12.0. The highest BCUT2D eigenvalue weighted by Crippen LogP contribution is 2.05. The second-order valence-electron chi connectivity index (χ2n) is 4.10. The minimum absolute atomic E-state index is 0.0554. The van der Waals surface area contributed by atoms with Gasteiger partial charge in [0.15, 0.2) is 0 Å². The molecule has 0 spiro atoms. The normalized spacial score (nSPS) is 10.1. The fourth-order valence-electron chi connectivity index (χ4n) is 1.58. The van der Waals surface area contributed by atoms with E-state index in [4.69, 9.17) is 0 Å². The standard InChI is InChI=1S/C12H17N3O4/c1-7-8(2)14-15(3)12(18)10(7)11(17)13-6-5-9(16)19-4/h5-6H2,1-4H3,(H,13,17). The number of carbonyl (C=O) groups is 2. The first-order valence-corrected chi connectivity index (χ1v) is 5.78. The topological polar surface area (TPSA) is 90.3 Å². The Morgan fingerprint density at radius 1 is 1.37 bits per heavy atom. The lowest BCUT2D eigenvalue weighted by Crippen LogP contribution is -2.36. The zero-order chi connectivity index (χ0) is 14.6. The van der Waals surface area contributed by atoms with Crippen molar-refractivity contribution in [3.63, 3.8) is 0 Å². The van der Waals surface area contributed by atoms with Crippen LogP contribution < -0.4 is 10.9 Å². The molecule has 0 aliphatic rings. The first-order valence-electron chi connectivity index (χ1n) is 5.78. The van der Waals surface area contributed by atoms with Crippen molar-refractivity contribution in [3.8, 4) is 0 Å². The van der Waals surface area contributed by atoms with Crippen LogP contribution in [-0.2, 0) is 16.6 Å². The van der Waals surface area contributed by atoms with Gasteiger partial charge in [0.2, 0.25) is 0 Å². The third kappa shape index (κ3) is 3.40. The van der Waals surface area contributed by atoms with Crippen LogP contribution in [0.5, 0.6) is 0 Å². The average molecular weight is 267 g/mol. The molecule has 1 N–H and O–H groups in total. The second-order valence-corrected chi connectivity index (χ2v) is 4.10. The lowest BCUT2D eigenvalue weighted by Gasteiger charge is -2.09. The van der Waals surface area contributed by atoms with Crippen LogP contribution in [0.4, 0.5) is 0 Å². The van der Waals surface area contributed by atoms with Crippen molar-refractivity contribution in [2.75, 3.05) is 13.7 Å². The number of amides is 1. The predicted octanol–water partition coefficient (Wildman–Crippen LogP) is -0.310. The molecule has 0 saturated heterocycles. The Morgan fingerprint density at radius 3 is 2.58 bits per heavy atom. The lowest BCUT2D eigenvalue weighted by molar-refractivity contribution is -0.140. The molecule has 0 aromatic carbocycles. The fourth-order valence-corrected chi connectivity index (χ4v) is 1.58. The smallest absolute Gasteiger partial charge is 0.307 e. The second kappa shape index (κ2) is 6.12. The third-order valence-electron chi connectivity index (χ3n) is 2.79. The summed E-state index contributed by atoms with van der Waals surface area (Å²) in [5.74, 6) is -0.927. The van der Waals surface area contributed by atoms with Gasteiger partial charge in [0.1, 0.15) is 5.56 Å². The molecule has 1 aromatic heterocycles. The van der Waals surface area contributed by atoms with Gasteiger partial charge in [-0.1, -0.05) is 0 Å². The van der Waals surface area contributed by atoms with Crippen LogP contribution in [0, 0.1) is 13.8 Å². The summed E-state index contributed by atoms with van der Waals surface area (Å²) in [6.07, 6.45) is 0.0612. The van der Waals surface area contributed by atoms with Gasteiger partial charge in [-0.05, 0) is 19.4 Å². The van der Waals surface area contributed by atoms with Crippen LogP contribution in [-0.4, -0.2) is 35.3 Å². The van der Waals surface area contributed by atoms with Crippen LogP contribution >= 0.6 is 0 Å². The number of nitrogens with zero attached hydrogens (tertiary/aromatic N) is 2. The van der Waals surface area contributed by atoms with E-state index in [1.165, 1.54) is 14.2 Å². The summed E-state index contributed by atoms with van der Waals surface area (Å²) < 4.78 is 5.58. The van der Waals surface area contributed by atoms with Crippen LogP contribution in [0.15, 0.2) is 4.79 Å². The summed E-state index contributed by atoms with van der Waals surface area (Å²) in [5, 5.41) is 6.51. The fraction of sp³-hybridized carbons (Fsp3) is 0.500. The Balaban J connectivity index is 2.89. The van der Waals surface area contributed by atoms with E-state index in [0.29, 0.717) is 11.3 Å². The van der Waals surface area contributed by atoms with Gasteiger partial charge in [-0.2, -0.15) is 5.10 Å². The first kappa shape index (κ1) is 14.9. The van der Waals surface area contributed by atoms with E-state index >= 15 is 0 Å². The van der Waals surface area contributed by atoms with Crippen molar-refractivity contribution in [1.82, 2.24) is 15.1 Å². The number of ether oxygens (including phenoxy) is 1. The number of aryl methyl sites for hydroxylation is 2. The molecule has 0 fully saturated rings. The lowest BCUT2D eigenvalue weighted by atomic mass is 10.1. The number of hydrogen-bond donors (Lipinski definition) is 1. The van der Waals surface area contributed by atoms with Crippen molar-refractivity contribution in [2.24, 2.45) is 7.05 Å². The summed E-state index contributed by atoms with van der Waals surface area (Å²) in [5.41, 5.74) is 0.748. The highest BCUT2D eigenvalue weighted by atomic mass is 16.5. The van der Waals surface area contributed by atoms with Crippen LogP contribution in [0.3, 0.4) is 0 Å². The zero-order valence-corrected chi connectivity index (χ0v) is 11.4. The average Bonchev–Trinajstić information content (AvgIpc) is 2.36. The van der Waals surface area contributed by atoms with E-state index in [-0.39, 0.29) is 18.5 Å². The van der Waals surface area contributed by atoms with Crippen molar-refractivity contribution in [1.29, 1.82) is 0 Å². The number of nitrogens with one attached hydrogen (secondary N) is 1. The van der Waals surface area contributed by atoms with E-state index in [1.807, 2.05) is 0 Å². The summed E-state index contributed by atoms with van der Waals surface area (Å²) in [7, 11) is 2.76. The molecule has 0 aliphatic carbocycles. The summed E-state index contributed by atoms with van der Waals surface area (Å²) in [6.45, 7) is 3.51. The van der Waals surface area contributed by atoms with Crippen LogP contribution in [0.25, 0.3) is 0 Å². The predicted molar refractivity (Wildman–Crippen MR) is 67.9 cm³/mol. The van der Waals surface area contributed by atoms with Gasteiger partial charge in [0.25, 0.3) is 11.5 Å². The number of esters is 1. The molecule has 7 nitrogen and oxygen atoms in total. The molecule has 0 unspecified atom stereocenters. The molecule has 0 radical (unpaired) electrons. The quantitative estimate of drug-likeness (QED) is 0.756. The van der Waals surface area contributed by atoms with Crippen LogP contribution in [0.1, 0.15) is 28.0 Å². The van der Waals surface area contributed by atoms with E-state index < -0.39 is 17.4 Å². The Labute approximate surface area is 110 Å². The molecule has 0 aliphatic heterocycles. The van der Waals surface area contributed by atoms with E-state index in [1.54, 1.807) is 13.8 Å². The Hall–Kier alpha value is -2.18. The molecule has 0 saturated carbocycles. The molecule has 19 heavy (non-hydrogen) atoms. The monoisotopic (exact) mass is 267 g/mol. The van der Waals surface area contributed by atoms with Crippen molar-refractivity contribution in [3.05, 3.63) is 27.2 Å². The summed E-state index contributed by atoms with van der Waals surface area (Å²) >= 11 is 0. The van der Waals surface area contributed by atoms with Crippen molar-refractivity contribution < 1.29 is 14.3 Å². The number of rotatable bonds is 4. The Bertz CT molecular complexity index is 563. The molecule has 1 rings (SSSR count). The SMILES string of the molecule is COC(=O)CCNC(=O)c1c(C)c(C)nn(C)c1=O. The molecule has 1 amide bonds. The maximum absolute atomic E-state index is 12.0. The first-order chi connectivity index (χ1) is 8.88. The maximum Gasteiger partial charge on any atom is 0.307 e. The number of methoxy groups -OCH3 is 1. The highest BCUT2D eigenvalue weighted by molar-refractivity contribution is 5.95. The molecular weight excluding hydrogens is 250 g/mol. The number of hydrogen-bond acceptors (Lipinski definition) is 5. The molecule has 1 aromatic rings. The van der Waals surface area contributed by atoms with Crippen molar-refractivity contribution in [2.45, 2.75) is 20.3 Å². The molecule has 0 atom stereocenters. The van der Waals surface area contributed by atoms with Gasteiger partial charge in [-0.25, -0.2) is 4.68 Å². The van der Waals surface area contributed by atoms with Crippen LogP contribution in [0.2, 0.25) is 0 Å². The van der Waals surface area contributed by atoms with E-state index in [2.05, 4.69) is 15.2 Å². The Morgan fingerprint density at radius 2 is 2.00 bits per heavy atom. The van der Waals surface area contributed by atoms with Gasteiger partial charge in [-0.3, -0.25) is 14.4 Å². The van der Waals surface area contributed by atoms with Gasteiger partial charge < -0.3 is 10.1 Å². The van der Waals surface area contributed by atoms with Crippen molar-refractivity contribution >= 4 is 11.9 Å². The largest absolute Gasteiger partial charge is 0.469 e. The van der Waals surface area contributed by atoms with E-state index in [0.717, 1.165) is 4.68 Å². The van der Waals surface area contributed by atoms with Gasteiger partial charge in [-0.15, -0.1) is 0 Å². The molecule has 0 bridgehead atoms. The summed E-state index contributed by atoms with van der Waals surface area (Å²) in [4.78, 5) is 34.8.